The summed E-state index contributed by atoms with van der Waals surface area (Å²) in [7, 11) is 0. The summed E-state index contributed by atoms with van der Waals surface area (Å²) in [6.07, 6.45) is 0.747. The molecule has 0 radical (unpaired) electrons. The minimum Gasteiger partial charge on any atom is -0.477 e. The van der Waals surface area contributed by atoms with Crippen molar-refractivity contribution in [3.05, 3.63) is 23.3 Å². The maximum Gasteiger partial charge on any atom is 0.354 e. The summed E-state index contributed by atoms with van der Waals surface area (Å²) in [4.78, 5) is 18.9. The van der Waals surface area contributed by atoms with Crippen LogP contribution in [0.3, 0.4) is 0 Å². The molecule has 0 unspecified atom stereocenters. The molecule has 1 aromatic heterocycles. The van der Waals surface area contributed by atoms with Crippen LogP contribution < -0.4 is 0 Å². The fraction of sp³-hybridized carbons (Fsp3) is 0.545. The topological polar surface area (TPSA) is 63.1 Å². The van der Waals surface area contributed by atoms with Crippen molar-refractivity contribution in [2.24, 2.45) is 5.41 Å². The van der Waals surface area contributed by atoms with E-state index in [2.05, 4.69) is 30.7 Å². The second kappa shape index (κ2) is 3.96. The third-order valence-corrected chi connectivity index (χ3v) is 1.82. The molecule has 1 rings (SSSR count). The highest BCUT2D eigenvalue weighted by atomic mass is 16.4. The highest BCUT2D eigenvalue weighted by molar-refractivity contribution is 5.85. The molecule has 82 valence electrons. The van der Waals surface area contributed by atoms with Crippen LogP contribution in [-0.2, 0) is 6.42 Å². The summed E-state index contributed by atoms with van der Waals surface area (Å²) in [5, 5.41) is 8.84. The zero-order chi connectivity index (χ0) is 11.6. The van der Waals surface area contributed by atoms with E-state index in [0.29, 0.717) is 5.82 Å². The molecule has 0 bridgehead atoms. The van der Waals surface area contributed by atoms with E-state index in [1.54, 1.807) is 13.0 Å². The van der Waals surface area contributed by atoms with Crippen LogP contribution in [0.25, 0.3) is 0 Å². The first-order valence-electron chi connectivity index (χ1n) is 4.86. The first kappa shape index (κ1) is 11.6. The molecule has 4 nitrogen and oxygen atoms in total. The molecule has 4 heteroatoms. The Morgan fingerprint density at radius 2 is 2.00 bits per heavy atom. The van der Waals surface area contributed by atoms with Gasteiger partial charge in [0, 0.05) is 5.69 Å². The largest absolute Gasteiger partial charge is 0.477 e. The van der Waals surface area contributed by atoms with Crippen molar-refractivity contribution < 1.29 is 9.90 Å². The molecule has 0 saturated heterocycles. The SMILES string of the molecule is Cc1nc(CC(C)(C)C)cc(C(=O)O)n1. The van der Waals surface area contributed by atoms with Gasteiger partial charge in [0.05, 0.1) is 0 Å². The average Bonchev–Trinajstić information content (AvgIpc) is 1.99. The standard InChI is InChI=1S/C11H16N2O2/c1-7-12-8(6-11(2,3)4)5-9(13-7)10(14)15/h5H,6H2,1-4H3,(H,14,15). The Bertz CT molecular complexity index is 381. The number of hydrogen-bond donors (Lipinski definition) is 1. The highest BCUT2D eigenvalue weighted by Gasteiger charge is 2.15. The van der Waals surface area contributed by atoms with Crippen molar-refractivity contribution in [1.82, 2.24) is 9.97 Å². The monoisotopic (exact) mass is 208 g/mol. The van der Waals surface area contributed by atoms with Crippen molar-refractivity contribution in [1.29, 1.82) is 0 Å². The Kier molecular flexibility index (Phi) is 3.07. The first-order valence-corrected chi connectivity index (χ1v) is 4.86. The minimum absolute atomic E-state index is 0.0711. The molecule has 15 heavy (non-hydrogen) atoms. The predicted molar refractivity (Wildman–Crippen MR) is 56.9 cm³/mol. The lowest BCUT2D eigenvalue weighted by atomic mass is 9.90. The van der Waals surface area contributed by atoms with Gasteiger partial charge in [-0.25, -0.2) is 14.8 Å². The Morgan fingerprint density at radius 3 is 2.47 bits per heavy atom. The maximum atomic E-state index is 10.8. The molecule has 0 atom stereocenters. The van der Waals surface area contributed by atoms with Gasteiger partial charge in [-0.05, 0) is 24.8 Å². The third kappa shape index (κ3) is 3.65. The van der Waals surface area contributed by atoms with E-state index in [1.807, 2.05) is 0 Å². The van der Waals surface area contributed by atoms with E-state index in [0.717, 1.165) is 12.1 Å². The summed E-state index contributed by atoms with van der Waals surface area (Å²) < 4.78 is 0. The van der Waals surface area contributed by atoms with E-state index in [1.165, 1.54) is 0 Å². The lowest BCUT2D eigenvalue weighted by Gasteiger charge is -2.17. The number of aryl methyl sites for hydroxylation is 1. The van der Waals surface area contributed by atoms with Gasteiger partial charge in [-0.3, -0.25) is 0 Å². The molecule has 1 N–H and O–H groups in total. The Balaban J connectivity index is 3.04. The van der Waals surface area contributed by atoms with Crippen LogP contribution >= 0.6 is 0 Å². The van der Waals surface area contributed by atoms with Gasteiger partial charge < -0.3 is 5.11 Å². The van der Waals surface area contributed by atoms with E-state index in [9.17, 15) is 4.79 Å². The summed E-state index contributed by atoms with van der Waals surface area (Å²) >= 11 is 0. The molecule has 0 saturated carbocycles. The normalized spacial score (nSPS) is 11.5. The van der Waals surface area contributed by atoms with Gasteiger partial charge in [0.2, 0.25) is 0 Å². The molecule has 0 aliphatic carbocycles. The molecule has 0 fully saturated rings. The van der Waals surface area contributed by atoms with Gasteiger partial charge in [0.1, 0.15) is 5.82 Å². The summed E-state index contributed by atoms with van der Waals surface area (Å²) in [6.45, 7) is 7.97. The van der Waals surface area contributed by atoms with E-state index >= 15 is 0 Å². The molecular weight excluding hydrogens is 192 g/mol. The molecule has 0 amide bonds. The van der Waals surface area contributed by atoms with Crippen molar-refractivity contribution in [2.75, 3.05) is 0 Å². The Hall–Kier alpha value is -1.45. The fourth-order valence-electron chi connectivity index (χ4n) is 1.37. The fourth-order valence-corrected chi connectivity index (χ4v) is 1.37. The van der Waals surface area contributed by atoms with Crippen molar-refractivity contribution in [2.45, 2.75) is 34.1 Å². The lowest BCUT2D eigenvalue weighted by Crippen LogP contribution is -2.13. The van der Waals surface area contributed by atoms with Crippen LogP contribution in [0.1, 0.15) is 42.8 Å². The average molecular weight is 208 g/mol. The smallest absolute Gasteiger partial charge is 0.354 e. The van der Waals surface area contributed by atoms with Crippen LogP contribution in [0.2, 0.25) is 0 Å². The van der Waals surface area contributed by atoms with E-state index in [-0.39, 0.29) is 11.1 Å². The third-order valence-electron chi connectivity index (χ3n) is 1.82. The number of nitrogens with zero attached hydrogens (tertiary/aromatic N) is 2. The lowest BCUT2D eigenvalue weighted by molar-refractivity contribution is 0.0689. The first-order chi connectivity index (χ1) is 6.78. The number of carboxylic acid groups (broad SMARTS) is 1. The number of hydrogen-bond acceptors (Lipinski definition) is 3. The molecule has 1 heterocycles. The predicted octanol–water partition coefficient (Wildman–Crippen LogP) is 2.07. The van der Waals surface area contributed by atoms with Crippen LogP contribution in [-0.4, -0.2) is 21.0 Å². The van der Waals surface area contributed by atoms with Crippen LogP contribution in [0.4, 0.5) is 0 Å². The van der Waals surface area contributed by atoms with Gasteiger partial charge in [-0.2, -0.15) is 0 Å². The van der Waals surface area contributed by atoms with Crippen LogP contribution in [0.5, 0.6) is 0 Å². The van der Waals surface area contributed by atoms with Gasteiger partial charge in [0.25, 0.3) is 0 Å². The molecule has 0 aliphatic rings. The number of carbonyl (C=O) groups is 1. The molecule has 1 aromatic rings. The maximum absolute atomic E-state index is 10.8. The highest BCUT2D eigenvalue weighted by Crippen LogP contribution is 2.19. The van der Waals surface area contributed by atoms with Crippen molar-refractivity contribution >= 4 is 5.97 Å². The number of aromatic nitrogens is 2. The Morgan fingerprint density at radius 1 is 1.40 bits per heavy atom. The number of rotatable bonds is 2. The summed E-state index contributed by atoms with van der Waals surface area (Å²) in [6, 6.07) is 1.54. The van der Waals surface area contributed by atoms with Crippen LogP contribution in [0, 0.1) is 12.3 Å². The number of carboxylic acids is 1. The quantitative estimate of drug-likeness (QED) is 0.808. The second-order valence-electron chi connectivity index (χ2n) is 4.83. The van der Waals surface area contributed by atoms with E-state index < -0.39 is 5.97 Å². The number of aromatic carboxylic acids is 1. The molecular formula is C11H16N2O2. The Labute approximate surface area is 89.4 Å². The summed E-state index contributed by atoms with van der Waals surface area (Å²) in [5.74, 6) is -0.496. The molecule has 0 aliphatic heterocycles. The van der Waals surface area contributed by atoms with Gasteiger partial charge in [-0.1, -0.05) is 20.8 Å². The van der Waals surface area contributed by atoms with Gasteiger partial charge >= 0.3 is 5.97 Å². The van der Waals surface area contributed by atoms with Crippen molar-refractivity contribution in [3.63, 3.8) is 0 Å². The summed E-state index contributed by atoms with van der Waals surface area (Å²) in [5.41, 5.74) is 0.950. The minimum atomic E-state index is -1.00. The van der Waals surface area contributed by atoms with Gasteiger partial charge in [0.15, 0.2) is 5.69 Å². The molecule has 0 aromatic carbocycles. The van der Waals surface area contributed by atoms with E-state index in [4.69, 9.17) is 5.11 Å². The van der Waals surface area contributed by atoms with Crippen LogP contribution in [0.15, 0.2) is 6.07 Å². The molecule has 0 spiro atoms. The van der Waals surface area contributed by atoms with Gasteiger partial charge in [-0.15, -0.1) is 0 Å². The zero-order valence-corrected chi connectivity index (χ0v) is 9.53. The zero-order valence-electron chi connectivity index (χ0n) is 9.53. The second-order valence-corrected chi connectivity index (χ2v) is 4.83. The van der Waals surface area contributed by atoms with Crippen molar-refractivity contribution in [3.8, 4) is 0 Å².